The summed E-state index contributed by atoms with van der Waals surface area (Å²) in [5, 5.41) is 3.09. The number of nitrogens with zero attached hydrogens (tertiary/aromatic N) is 2. The molecule has 2 fully saturated rings. The van der Waals surface area contributed by atoms with Crippen LogP contribution < -0.4 is 5.32 Å². The van der Waals surface area contributed by atoms with E-state index in [2.05, 4.69) is 21.8 Å². The van der Waals surface area contributed by atoms with Crippen LogP contribution in [-0.2, 0) is 11.3 Å². The highest BCUT2D eigenvalue weighted by Crippen LogP contribution is 2.35. The molecule has 122 valence electrons. The Bertz CT molecular complexity index is 498. The van der Waals surface area contributed by atoms with Gasteiger partial charge in [-0.05, 0) is 32.1 Å². The summed E-state index contributed by atoms with van der Waals surface area (Å²) in [6, 6.07) is 0. The molecule has 0 unspecified atom stereocenters. The predicted molar refractivity (Wildman–Crippen MR) is 87.8 cm³/mol. The molecule has 0 aliphatic heterocycles. The average molecular weight is 303 g/mol. The summed E-state index contributed by atoms with van der Waals surface area (Å²) in [7, 11) is 0. The monoisotopic (exact) mass is 303 g/mol. The van der Waals surface area contributed by atoms with Crippen molar-refractivity contribution in [3.63, 3.8) is 0 Å². The molecule has 1 aromatic rings. The normalized spacial score (nSPS) is 19.3. The fraction of sp³-hybridized carbons (Fsp3) is 0.778. The fourth-order valence-electron chi connectivity index (χ4n) is 3.79. The van der Waals surface area contributed by atoms with E-state index in [-0.39, 0.29) is 5.91 Å². The van der Waals surface area contributed by atoms with E-state index in [4.69, 9.17) is 0 Å². The maximum absolute atomic E-state index is 12.0. The second-order valence-corrected chi connectivity index (χ2v) is 7.08. The van der Waals surface area contributed by atoms with Crippen molar-refractivity contribution >= 4 is 5.91 Å². The van der Waals surface area contributed by atoms with Crippen LogP contribution in [0.1, 0.15) is 75.2 Å². The zero-order valence-electron chi connectivity index (χ0n) is 13.8. The molecule has 1 amide bonds. The summed E-state index contributed by atoms with van der Waals surface area (Å²) in [5.74, 6) is 2.89. The molecule has 22 heavy (non-hydrogen) atoms. The molecule has 1 N–H and O–H groups in total. The minimum atomic E-state index is 0.217. The van der Waals surface area contributed by atoms with Crippen molar-refractivity contribution in [1.82, 2.24) is 14.9 Å². The lowest BCUT2D eigenvalue weighted by atomic mass is 9.85. The maximum atomic E-state index is 12.0. The predicted octanol–water partition coefficient (Wildman–Crippen LogP) is 3.55. The third-order valence-electron chi connectivity index (χ3n) is 5.47. The number of aryl methyl sites for hydroxylation is 1. The van der Waals surface area contributed by atoms with Gasteiger partial charge in [-0.3, -0.25) is 4.79 Å². The minimum absolute atomic E-state index is 0.217. The Morgan fingerprint density at radius 3 is 2.73 bits per heavy atom. The Hall–Kier alpha value is -1.32. The summed E-state index contributed by atoms with van der Waals surface area (Å²) in [4.78, 5) is 16.5. The highest BCUT2D eigenvalue weighted by Gasteiger charge is 2.24. The van der Waals surface area contributed by atoms with E-state index in [1.807, 2.05) is 6.20 Å². The van der Waals surface area contributed by atoms with E-state index in [1.54, 1.807) is 0 Å². The molecule has 2 aliphatic rings. The molecule has 3 rings (SSSR count). The van der Waals surface area contributed by atoms with Gasteiger partial charge in [0.25, 0.3) is 0 Å². The molecule has 1 heterocycles. The van der Waals surface area contributed by atoms with E-state index in [0.29, 0.717) is 12.3 Å². The van der Waals surface area contributed by atoms with Crippen molar-refractivity contribution in [2.75, 3.05) is 6.54 Å². The number of hydrogen-bond acceptors (Lipinski definition) is 2. The van der Waals surface area contributed by atoms with Crippen LogP contribution in [0.4, 0.5) is 0 Å². The number of nitrogens with one attached hydrogen (secondary N) is 1. The van der Waals surface area contributed by atoms with Crippen molar-refractivity contribution in [2.24, 2.45) is 5.92 Å². The van der Waals surface area contributed by atoms with Gasteiger partial charge in [0, 0.05) is 37.3 Å². The lowest BCUT2D eigenvalue weighted by molar-refractivity contribution is -0.121. The van der Waals surface area contributed by atoms with Crippen LogP contribution in [0.3, 0.4) is 0 Å². The van der Waals surface area contributed by atoms with Gasteiger partial charge in [-0.2, -0.15) is 0 Å². The summed E-state index contributed by atoms with van der Waals surface area (Å²) in [5.41, 5.74) is 1.21. The third kappa shape index (κ3) is 3.71. The van der Waals surface area contributed by atoms with Gasteiger partial charge in [0.1, 0.15) is 5.82 Å². The molecule has 0 aromatic carbocycles. The van der Waals surface area contributed by atoms with Crippen LogP contribution in [-0.4, -0.2) is 22.0 Å². The largest absolute Gasteiger partial charge is 0.354 e. The smallest absolute Gasteiger partial charge is 0.220 e. The van der Waals surface area contributed by atoms with E-state index in [0.717, 1.165) is 25.4 Å². The molecule has 1 aromatic heterocycles. The maximum Gasteiger partial charge on any atom is 0.220 e. The van der Waals surface area contributed by atoms with E-state index in [1.165, 1.54) is 56.5 Å². The van der Waals surface area contributed by atoms with Gasteiger partial charge in [0.05, 0.1) is 0 Å². The standard InChI is InChI=1S/C18H29N3O/c1-14-13-20-18(16-7-4-8-16)21(14)12-11-19-17(22)10-9-15-5-2-3-6-15/h13,15-16H,2-12H2,1H3,(H,19,22). The first-order valence-electron chi connectivity index (χ1n) is 9.03. The lowest BCUT2D eigenvalue weighted by Gasteiger charge is -2.26. The van der Waals surface area contributed by atoms with Gasteiger partial charge in [-0.15, -0.1) is 0 Å². The zero-order chi connectivity index (χ0) is 15.4. The number of carbonyl (C=O) groups is 1. The van der Waals surface area contributed by atoms with Crippen LogP contribution >= 0.6 is 0 Å². The summed E-state index contributed by atoms with van der Waals surface area (Å²) >= 11 is 0. The van der Waals surface area contributed by atoms with Crippen molar-refractivity contribution in [2.45, 2.75) is 77.2 Å². The van der Waals surface area contributed by atoms with Gasteiger partial charge >= 0.3 is 0 Å². The summed E-state index contributed by atoms with van der Waals surface area (Å²) in [6.45, 7) is 3.68. The van der Waals surface area contributed by atoms with Crippen LogP contribution in [0.2, 0.25) is 0 Å². The van der Waals surface area contributed by atoms with Gasteiger partial charge in [-0.1, -0.05) is 32.1 Å². The minimum Gasteiger partial charge on any atom is -0.354 e. The Balaban J connectivity index is 1.40. The van der Waals surface area contributed by atoms with E-state index >= 15 is 0 Å². The van der Waals surface area contributed by atoms with Crippen LogP contribution in [0.15, 0.2) is 6.20 Å². The van der Waals surface area contributed by atoms with Crippen molar-refractivity contribution < 1.29 is 4.79 Å². The number of rotatable bonds is 7. The highest BCUT2D eigenvalue weighted by molar-refractivity contribution is 5.75. The Morgan fingerprint density at radius 1 is 1.27 bits per heavy atom. The van der Waals surface area contributed by atoms with Crippen molar-refractivity contribution in [1.29, 1.82) is 0 Å². The molecular formula is C18H29N3O. The zero-order valence-corrected chi connectivity index (χ0v) is 13.8. The number of aromatic nitrogens is 2. The van der Waals surface area contributed by atoms with Crippen molar-refractivity contribution in [3.8, 4) is 0 Å². The highest BCUT2D eigenvalue weighted by atomic mass is 16.1. The first-order valence-corrected chi connectivity index (χ1v) is 9.03. The van der Waals surface area contributed by atoms with Gasteiger partial charge in [0.15, 0.2) is 0 Å². The van der Waals surface area contributed by atoms with Gasteiger partial charge < -0.3 is 9.88 Å². The molecular weight excluding hydrogens is 274 g/mol. The lowest BCUT2D eigenvalue weighted by Crippen LogP contribution is -2.28. The number of imidazole rings is 1. The van der Waals surface area contributed by atoms with Crippen LogP contribution in [0, 0.1) is 12.8 Å². The molecule has 0 spiro atoms. The van der Waals surface area contributed by atoms with Gasteiger partial charge in [0.2, 0.25) is 5.91 Å². The average Bonchev–Trinajstić information content (AvgIpc) is 3.07. The SMILES string of the molecule is Cc1cnc(C2CCC2)n1CCNC(=O)CCC1CCCC1. The number of carbonyl (C=O) groups excluding carboxylic acids is 1. The first kappa shape index (κ1) is 15.6. The van der Waals surface area contributed by atoms with Crippen molar-refractivity contribution in [3.05, 3.63) is 17.7 Å². The third-order valence-corrected chi connectivity index (χ3v) is 5.47. The summed E-state index contributed by atoms with van der Waals surface area (Å²) < 4.78 is 2.29. The topological polar surface area (TPSA) is 46.9 Å². The number of amides is 1. The quantitative estimate of drug-likeness (QED) is 0.837. The molecule has 2 saturated carbocycles. The molecule has 2 aliphatic carbocycles. The fourth-order valence-corrected chi connectivity index (χ4v) is 3.79. The molecule has 0 saturated heterocycles. The summed E-state index contributed by atoms with van der Waals surface area (Å²) in [6.07, 6.45) is 13.0. The van der Waals surface area contributed by atoms with Crippen LogP contribution in [0.5, 0.6) is 0 Å². The molecule has 4 heteroatoms. The Labute approximate surface area is 133 Å². The Kier molecular flexibility index (Phi) is 5.16. The molecule has 4 nitrogen and oxygen atoms in total. The van der Waals surface area contributed by atoms with Gasteiger partial charge in [-0.25, -0.2) is 4.98 Å². The van der Waals surface area contributed by atoms with Crippen LogP contribution in [0.25, 0.3) is 0 Å². The number of hydrogen-bond donors (Lipinski definition) is 1. The Morgan fingerprint density at radius 2 is 2.05 bits per heavy atom. The molecule has 0 bridgehead atoms. The van der Waals surface area contributed by atoms with E-state index in [9.17, 15) is 4.79 Å². The van der Waals surface area contributed by atoms with E-state index < -0.39 is 0 Å². The first-order chi connectivity index (χ1) is 10.7. The second kappa shape index (κ2) is 7.30. The second-order valence-electron chi connectivity index (χ2n) is 7.08. The molecule has 0 radical (unpaired) electrons. The molecule has 0 atom stereocenters.